The quantitative estimate of drug-likeness (QED) is 0.707. The Balaban J connectivity index is 2.09. The van der Waals surface area contributed by atoms with E-state index in [1.54, 1.807) is 11.3 Å². The van der Waals surface area contributed by atoms with E-state index in [9.17, 15) is 5.11 Å². The van der Waals surface area contributed by atoms with E-state index in [4.69, 9.17) is 0 Å². The van der Waals surface area contributed by atoms with Crippen molar-refractivity contribution < 1.29 is 5.11 Å². The summed E-state index contributed by atoms with van der Waals surface area (Å²) in [5.41, 5.74) is -0.602. The molecule has 74 valence electrons. The number of nitrogens with one attached hydrogen (secondary N) is 1. The summed E-state index contributed by atoms with van der Waals surface area (Å²) >= 11 is 1.78. The Morgan fingerprint density at radius 3 is 2.85 bits per heavy atom. The van der Waals surface area contributed by atoms with Crippen LogP contribution in [0.2, 0.25) is 0 Å². The van der Waals surface area contributed by atoms with Crippen LogP contribution in [0.15, 0.2) is 17.5 Å². The second-order valence-corrected chi connectivity index (χ2v) is 4.85. The molecule has 0 bridgehead atoms. The molecule has 0 saturated heterocycles. The fourth-order valence-corrected chi connectivity index (χ4v) is 1.77. The molecule has 3 heteroatoms. The van der Waals surface area contributed by atoms with Gasteiger partial charge >= 0.3 is 0 Å². The average molecular weight is 199 g/mol. The van der Waals surface area contributed by atoms with Gasteiger partial charge in [-0.15, -0.1) is 11.3 Å². The van der Waals surface area contributed by atoms with Gasteiger partial charge < -0.3 is 10.4 Å². The van der Waals surface area contributed by atoms with Crippen LogP contribution < -0.4 is 5.32 Å². The molecule has 0 radical (unpaired) electrons. The van der Waals surface area contributed by atoms with Crippen molar-refractivity contribution in [1.29, 1.82) is 0 Å². The van der Waals surface area contributed by atoms with Gasteiger partial charge in [-0.3, -0.25) is 0 Å². The van der Waals surface area contributed by atoms with Gasteiger partial charge in [0.2, 0.25) is 0 Å². The van der Waals surface area contributed by atoms with Crippen LogP contribution in [0.5, 0.6) is 0 Å². The standard InChI is InChI=1S/C10H17NOS/c1-10(2,12)8-11-6-5-9-4-3-7-13-9/h3-4,7,11-12H,5-6,8H2,1-2H3. The Kier molecular flexibility index (Phi) is 3.90. The molecule has 0 unspecified atom stereocenters. The van der Waals surface area contributed by atoms with Crippen molar-refractivity contribution in [2.24, 2.45) is 0 Å². The molecule has 2 N–H and O–H groups in total. The van der Waals surface area contributed by atoms with E-state index < -0.39 is 5.60 Å². The zero-order valence-corrected chi connectivity index (χ0v) is 9.03. The Hall–Kier alpha value is -0.380. The van der Waals surface area contributed by atoms with Gasteiger partial charge in [-0.2, -0.15) is 0 Å². The number of hydrogen-bond donors (Lipinski definition) is 2. The number of thiophene rings is 1. The van der Waals surface area contributed by atoms with Gasteiger partial charge in [0.05, 0.1) is 5.60 Å². The van der Waals surface area contributed by atoms with Crippen molar-refractivity contribution in [2.45, 2.75) is 25.9 Å². The van der Waals surface area contributed by atoms with Crippen LogP contribution in [-0.4, -0.2) is 23.8 Å². The molecule has 1 aromatic heterocycles. The summed E-state index contributed by atoms with van der Waals surface area (Å²) in [4.78, 5) is 1.39. The van der Waals surface area contributed by atoms with E-state index in [1.165, 1.54) is 4.88 Å². The van der Waals surface area contributed by atoms with Crippen LogP contribution in [0.1, 0.15) is 18.7 Å². The second-order valence-electron chi connectivity index (χ2n) is 3.82. The first-order valence-corrected chi connectivity index (χ1v) is 5.41. The summed E-state index contributed by atoms with van der Waals surface area (Å²) in [6, 6.07) is 4.20. The van der Waals surface area contributed by atoms with Crippen molar-refractivity contribution in [3.8, 4) is 0 Å². The third-order valence-electron chi connectivity index (χ3n) is 1.69. The van der Waals surface area contributed by atoms with Gasteiger partial charge in [-0.25, -0.2) is 0 Å². The van der Waals surface area contributed by atoms with Crippen LogP contribution >= 0.6 is 11.3 Å². The van der Waals surface area contributed by atoms with Crippen LogP contribution in [0, 0.1) is 0 Å². The van der Waals surface area contributed by atoms with Gasteiger partial charge in [-0.1, -0.05) is 6.07 Å². The molecule has 0 fully saturated rings. The second kappa shape index (κ2) is 4.74. The molecule has 0 atom stereocenters. The lowest BCUT2D eigenvalue weighted by Crippen LogP contribution is -2.35. The summed E-state index contributed by atoms with van der Waals surface area (Å²) in [5.74, 6) is 0. The first kappa shape index (κ1) is 10.7. The van der Waals surface area contributed by atoms with Crippen molar-refractivity contribution in [3.63, 3.8) is 0 Å². The van der Waals surface area contributed by atoms with E-state index in [1.807, 2.05) is 13.8 Å². The topological polar surface area (TPSA) is 32.3 Å². The molecule has 0 saturated carbocycles. The molecule has 0 amide bonds. The lowest BCUT2D eigenvalue weighted by Gasteiger charge is -2.17. The van der Waals surface area contributed by atoms with Gasteiger partial charge in [0, 0.05) is 18.0 Å². The van der Waals surface area contributed by atoms with Crippen LogP contribution in [-0.2, 0) is 6.42 Å². The predicted molar refractivity (Wildman–Crippen MR) is 57.2 cm³/mol. The average Bonchev–Trinajstić information content (AvgIpc) is 2.48. The summed E-state index contributed by atoms with van der Waals surface area (Å²) in [6.45, 7) is 5.21. The van der Waals surface area contributed by atoms with E-state index in [-0.39, 0.29) is 0 Å². The maximum Gasteiger partial charge on any atom is 0.0715 e. The number of hydrogen-bond acceptors (Lipinski definition) is 3. The molecular weight excluding hydrogens is 182 g/mol. The van der Waals surface area contributed by atoms with Gasteiger partial charge in [-0.05, 0) is 31.7 Å². The summed E-state index contributed by atoms with van der Waals surface area (Å²) in [5, 5.41) is 14.7. The molecule has 0 aromatic carbocycles. The fraction of sp³-hybridized carbons (Fsp3) is 0.600. The number of aliphatic hydroxyl groups is 1. The van der Waals surface area contributed by atoms with Crippen LogP contribution in [0.3, 0.4) is 0 Å². The first-order chi connectivity index (χ1) is 6.08. The predicted octanol–water partition coefficient (Wildman–Crippen LogP) is 1.65. The van der Waals surface area contributed by atoms with E-state index in [2.05, 4.69) is 22.8 Å². The maximum atomic E-state index is 9.41. The molecular formula is C10H17NOS. The van der Waals surface area contributed by atoms with E-state index in [0.29, 0.717) is 6.54 Å². The third-order valence-corrected chi connectivity index (χ3v) is 2.62. The lowest BCUT2D eigenvalue weighted by atomic mass is 10.1. The molecule has 13 heavy (non-hydrogen) atoms. The minimum atomic E-state index is -0.602. The smallest absolute Gasteiger partial charge is 0.0715 e. The van der Waals surface area contributed by atoms with Gasteiger partial charge in [0.1, 0.15) is 0 Å². The molecule has 0 aliphatic heterocycles. The highest BCUT2D eigenvalue weighted by Crippen LogP contribution is 2.08. The van der Waals surface area contributed by atoms with Crippen molar-refractivity contribution in [2.75, 3.05) is 13.1 Å². The fourth-order valence-electron chi connectivity index (χ4n) is 1.06. The third kappa shape index (κ3) is 5.03. The molecule has 0 aliphatic carbocycles. The Morgan fingerprint density at radius 2 is 2.31 bits per heavy atom. The largest absolute Gasteiger partial charge is 0.389 e. The zero-order chi connectivity index (χ0) is 9.73. The Bertz CT molecular complexity index is 226. The molecule has 1 rings (SSSR count). The summed E-state index contributed by atoms with van der Waals surface area (Å²) in [6.07, 6.45) is 1.05. The Labute approximate surface area is 83.6 Å². The van der Waals surface area contributed by atoms with Gasteiger partial charge in [0.25, 0.3) is 0 Å². The highest BCUT2D eigenvalue weighted by molar-refractivity contribution is 7.09. The monoisotopic (exact) mass is 199 g/mol. The normalized spacial score (nSPS) is 11.9. The van der Waals surface area contributed by atoms with E-state index >= 15 is 0 Å². The number of rotatable bonds is 5. The molecule has 1 aromatic rings. The van der Waals surface area contributed by atoms with Crippen molar-refractivity contribution in [3.05, 3.63) is 22.4 Å². The minimum absolute atomic E-state index is 0.602. The highest BCUT2D eigenvalue weighted by atomic mass is 32.1. The van der Waals surface area contributed by atoms with Crippen molar-refractivity contribution >= 4 is 11.3 Å². The van der Waals surface area contributed by atoms with Gasteiger partial charge in [0.15, 0.2) is 0 Å². The van der Waals surface area contributed by atoms with Crippen molar-refractivity contribution in [1.82, 2.24) is 5.32 Å². The Morgan fingerprint density at radius 1 is 1.54 bits per heavy atom. The highest BCUT2D eigenvalue weighted by Gasteiger charge is 2.10. The molecule has 0 aliphatic rings. The molecule has 0 spiro atoms. The summed E-state index contributed by atoms with van der Waals surface area (Å²) < 4.78 is 0. The lowest BCUT2D eigenvalue weighted by molar-refractivity contribution is 0.0801. The molecule has 2 nitrogen and oxygen atoms in total. The SMILES string of the molecule is CC(C)(O)CNCCc1cccs1. The van der Waals surface area contributed by atoms with E-state index in [0.717, 1.165) is 13.0 Å². The molecule has 1 heterocycles. The zero-order valence-electron chi connectivity index (χ0n) is 8.21. The van der Waals surface area contributed by atoms with Crippen LogP contribution in [0.25, 0.3) is 0 Å². The minimum Gasteiger partial charge on any atom is -0.389 e. The first-order valence-electron chi connectivity index (χ1n) is 4.53. The summed E-state index contributed by atoms with van der Waals surface area (Å²) in [7, 11) is 0. The van der Waals surface area contributed by atoms with Crippen LogP contribution in [0.4, 0.5) is 0 Å². The maximum absolute atomic E-state index is 9.41.